The van der Waals surface area contributed by atoms with Gasteiger partial charge in [-0.05, 0) is 49.4 Å². The maximum Gasteiger partial charge on any atom is 0.407 e. The zero-order valence-corrected chi connectivity index (χ0v) is 12.1. The third-order valence-corrected chi connectivity index (χ3v) is 4.41. The van der Waals surface area contributed by atoms with Crippen LogP contribution in [0.25, 0.3) is 10.9 Å². The summed E-state index contributed by atoms with van der Waals surface area (Å²) in [5.41, 5.74) is 3.56. The standard InChI is InChI=1S/C15H17ClN2O2/c1-9-14(10-4-6-18(7-5-10)15(19)20)12-8-11(16)2-3-13(12)17-9/h2-3,8,10,17H,4-7H2,1H3,(H,19,20). The fraction of sp³-hybridized carbons (Fsp3) is 0.400. The van der Waals surface area contributed by atoms with E-state index in [4.69, 9.17) is 16.7 Å². The van der Waals surface area contributed by atoms with Gasteiger partial charge in [0.1, 0.15) is 0 Å². The number of aromatic amines is 1. The number of hydrogen-bond donors (Lipinski definition) is 2. The molecule has 0 unspecified atom stereocenters. The summed E-state index contributed by atoms with van der Waals surface area (Å²) in [5, 5.41) is 10.9. The lowest BCUT2D eigenvalue weighted by Crippen LogP contribution is -2.36. The lowest BCUT2D eigenvalue weighted by molar-refractivity contribution is 0.132. The number of H-pyrrole nitrogens is 1. The highest BCUT2D eigenvalue weighted by molar-refractivity contribution is 6.31. The van der Waals surface area contributed by atoms with Crippen molar-refractivity contribution in [2.75, 3.05) is 13.1 Å². The topological polar surface area (TPSA) is 56.3 Å². The summed E-state index contributed by atoms with van der Waals surface area (Å²) in [7, 11) is 0. The number of amides is 1. The van der Waals surface area contributed by atoms with Crippen LogP contribution in [0.15, 0.2) is 18.2 Å². The molecule has 1 aromatic carbocycles. The molecule has 0 atom stereocenters. The number of rotatable bonds is 1. The Morgan fingerprint density at radius 3 is 2.75 bits per heavy atom. The van der Waals surface area contributed by atoms with Gasteiger partial charge in [0.05, 0.1) is 0 Å². The van der Waals surface area contributed by atoms with Crippen LogP contribution in [0, 0.1) is 6.92 Å². The summed E-state index contributed by atoms with van der Waals surface area (Å²) in [6.07, 6.45) is 0.918. The number of carbonyl (C=O) groups is 1. The van der Waals surface area contributed by atoms with Crippen molar-refractivity contribution < 1.29 is 9.90 Å². The molecule has 5 heteroatoms. The van der Waals surface area contributed by atoms with Crippen LogP contribution in [0.3, 0.4) is 0 Å². The molecule has 20 heavy (non-hydrogen) atoms. The molecule has 0 bridgehead atoms. The number of halogens is 1. The van der Waals surface area contributed by atoms with Gasteiger partial charge < -0.3 is 15.0 Å². The van der Waals surface area contributed by atoms with Crippen molar-refractivity contribution in [2.45, 2.75) is 25.7 Å². The van der Waals surface area contributed by atoms with Gasteiger partial charge in [0.2, 0.25) is 0 Å². The molecule has 0 aliphatic carbocycles. The summed E-state index contributed by atoms with van der Waals surface area (Å²) in [6, 6.07) is 5.89. The lowest BCUT2D eigenvalue weighted by Gasteiger charge is -2.30. The Hall–Kier alpha value is -1.68. The number of aromatic nitrogens is 1. The minimum atomic E-state index is -0.817. The Balaban J connectivity index is 1.93. The second kappa shape index (κ2) is 5.02. The van der Waals surface area contributed by atoms with Crippen molar-refractivity contribution in [3.8, 4) is 0 Å². The first-order chi connectivity index (χ1) is 9.56. The number of fused-ring (bicyclic) bond motifs is 1. The summed E-state index contributed by atoms with van der Waals surface area (Å²) < 4.78 is 0. The number of nitrogens with zero attached hydrogens (tertiary/aromatic N) is 1. The van der Waals surface area contributed by atoms with Crippen LogP contribution in [0.1, 0.15) is 30.0 Å². The van der Waals surface area contributed by atoms with E-state index in [1.165, 1.54) is 15.8 Å². The second-order valence-corrected chi connectivity index (χ2v) is 5.83. The molecule has 1 aromatic heterocycles. The van der Waals surface area contributed by atoms with Crippen molar-refractivity contribution in [1.29, 1.82) is 0 Å². The molecule has 0 radical (unpaired) electrons. The first-order valence-corrected chi connectivity index (χ1v) is 7.19. The average Bonchev–Trinajstić information content (AvgIpc) is 2.74. The minimum Gasteiger partial charge on any atom is -0.465 e. The monoisotopic (exact) mass is 292 g/mol. The molecule has 2 aromatic rings. The highest BCUT2D eigenvalue weighted by Gasteiger charge is 2.26. The summed E-state index contributed by atoms with van der Waals surface area (Å²) >= 11 is 6.10. The van der Waals surface area contributed by atoms with E-state index in [-0.39, 0.29) is 0 Å². The van der Waals surface area contributed by atoms with Gasteiger partial charge in [0, 0.05) is 34.7 Å². The van der Waals surface area contributed by atoms with E-state index in [1.54, 1.807) is 0 Å². The summed E-state index contributed by atoms with van der Waals surface area (Å²) in [4.78, 5) is 15.9. The Morgan fingerprint density at radius 2 is 2.10 bits per heavy atom. The summed E-state index contributed by atoms with van der Waals surface area (Å²) in [5.74, 6) is 0.401. The molecular formula is C15H17ClN2O2. The molecule has 2 heterocycles. The molecule has 0 saturated carbocycles. The lowest BCUT2D eigenvalue weighted by atomic mass is 9.87. The summed E-state index contributed by atoms with van der Waals surface area (Å²) in [6.45, 7) is 3.28. The first kappa shape index (κ1) is 13.3. The van der Waals surface area contributed by atoms with Crippen LogP contribution in [0.2, 0.25) is 5.02 Å². The predicted molar refractivity (Wildman–Crippen MR) is 79.6 cm³/mol. The van der Waals surface area contributed by atoms with Gasteiger partial charge in [-0.1, -0.05) is 11.6 Å². The number of likely N-dealkylation sites (tertiary alicyclic amines) is 1. The molecule has 106 valence electrons. The molecule has 4 nitrogen and oxygen atoms in total. The predicted octanol–water partition coefficient (Wildman–Crippen LogP) is 3.99. The zero-order chi connectivity index (χ0) is 14.3. The van der Waals surface area contributed by atoms with Crippen molar-refractivity contribution in [1.82, 2.24) is 9.88 Å². The van der Waals surface area contributed by atoms with Gasteiger partial charge in [-0.25, -0.2) is 4.79 Å². The first-order valence-electron chi connectivity index (χ1n) is 6.82. The van der Waals surface area contributed by atoms with Crippen LogP contribution in [0.5, 0.6) is 0 Å². The van der Waals surface area contributed by atoms with Gasteiger partial charge in [0.25, 0.3) is 0 Å². The van der Waals surface area contributed by atoms with Gasteiger partial charge in [0.15, 0.2) is 0 Å². The number of aryl methyl sites for hydroxylation is 1. The number of hydrogen-bond acceptors (Lipinski definition) is 1. The van der Waals surface area contributed by atoms with Gasteiger partial charge >= 0.3 is 6.09 Å². The third-order valence-electron chi connectivity index (χ3n) is 4.17. The van der Waals surface area contributed by atoms with E-state index in [0.29, 0.717) is 19.0 Å². The van der Waals surface area contributed by atoms with E-state index < -0.39 is 6.09 Å². The number of piperidine rings is 1. The molecule has 2 N–H and O–H groups in total. The normalized spacial score (nSPS) is 16.8. The number of nitrogens with one attached hydrogen (secondary N) is 1. The molecule has 1 aliphatic heterocycles. The second-order valence-electron chi connectivity index (χ2n) is 5.40. The molecule has 1 amide bonds. The maximum absolute atomic E-state index is 11.0. The maximum atomic E-state index is 11.0. The van der Waals surface area contributed by atoms with Crippen LogP contribution >= 0.6 is 11.6 Å². The van der Waals surface area contributed by atoms with Gasteiger partial charge in [-0.2, -0.15) is 0 Å². The number of carboxylic acid groups (broad SMARTS) is 1. The highest BCUT2D eigenvalue weighted by Crippen LogP contribution is 2.36. The molecule has 1 aliphatic rings. The Labute approximate surface area is 122 Å². The Morgan fingerprint density at radius 1 is 1.40 bits per heavy atom. The Kier molecular flexibility index (Phi) is 3.34. The van der Waals surface area contributed by atoms with Crippen molar-refractivity contribution in [3.63, 3.8) is 0 Å². The largest absolute Gasteiger partial charge is 0.465 e. The Bertz CT molecular complexity index is 657. The fourth-order valence-electron chi connectivity index (χ4n) is 3.21. The van der Waals surface area contributed by atoms with Crippen LogP contribution in [-0.2, 0) is 0 Å². The quantitative estimate of drug-likeness (QED) is 0.835. The molecule has 0 spiro atoms. The van der Waals surface area contributed by atoms with Gasteiger partial charge in [-0.3, -0.25) is 0 Å². The fourth-order valence-corrected chi connectivity index (χ4v) is 3.38. The van der Waals surface area contributed by atoms with Crippen LogP contribution in [0.4, 0.5) is 4.79 Å². The van der Waals surface area contributed by atoms with Crippen molar-refractivity contribution >= 4 is 28.6 Å². The number of benzene rings is 1. The molecule has 1 saturated heterocycles. The van der Waals surface area contributed by atoms with E-state index in [9.17, 15) is 4.79 Å². The average molecular weight is 293 g/mol. The molecule has 1 fully saturated rings. The smallest absolute Gasteiger partial charge is 0.407 e. The van der Waals surface area contributed by atoms with Gasteiger partial charge in [-0.15, -0.1) is 0 Å². The minimum absolute atomic E-state index is 0.401. The van der Waals surface area contributed by atoms with E-state index in [1.807, 2.05) is 18.2 Å². The van der Waals surface area contributed by atoms with Crippen molar-refractivity contribution in [2.24, 2.45) is 0 Å². The SMILES string of the molecule is Cc1[nH]c2ccc(Cl)cc2c1C1CCN(C(=O)O)CC1. The van der Waals surface area contributed by atoms with Crippen LogP contribution in [-0.4, -0.2) is 34.2 Å². The van der Waals surface area contributed by atoms with E-state index in [2.05, 4.69) is 11.9 Å². The molecular weight excluding hydrogens is 276 g/mol. The molecule has 3 rings (SSSR count). The van der Waals surface area contributed by atoms with Crippen molar-refractivity contribution in [3.05, 3.63) is 34.5 Å². The van der Waals surface area contributed by atoms with E-state index in [0.717, 1.165) is 29.1 Å². The van der Waals surface area contributed by atoms with E-state index >= 15 is 0 Å². The third kappa shape index (κ3) is 2.24. The highest BCUT2D eigenvalue weighted by atomic mass is 35.5. The zero-order valence-electron chi connectivity index (χ0n) is 11.3. The van der Waals surface area contributed by atoms with Crippen LogP contribution < -0.4 is 0 Å².